The lowest BCUT2D eigenvalue weighted by Crippen LogP contribution is -2.39. The number of carboxylic acids is 1. The molecule has 9 nitrogen and oxygen atoms in total. The minimum Gasteiger partial charge on any atom is -0.481 e. The summed E-state index contributed by atoms with van der Waals surface area (Å²) in [5.74, 6) is -1.11. The van der Waals surface area contributed by atoms with E-state index in [-0.39, 0.29) is 12.3 Å². The van der Waals surface area contributed by atoms with Crippen molar-refractivity contribution in [3.05, 3.63) is 36.2 Å². The average molecular weight is 459 g/mol. The van der Waals surface area contributed by atoms with Crippen LogP contribution in [0.2, 0.25) is 0 Å². The SMILES string of the molecule is CCOc1ncc(Nc2cc(C(COC)CC(=O)O)ccc2N(CC)C2CCOCC2)cn1. The molecule has 1 aromatic carbocycles. The van der Waals surface area contributed by atoms with Gasteiger partial charge in [-0.25, -0.2) is 9.97 Å². The molecule has 2 N–H and O–H groups in total. The molecule has 0 radical (unpaired) electrons. The van der Waals surface area contributed by atoms with Gasteiger partial charge in [-0.1, -0.05) is 6.07 Å². The van der Waals surface area contributed by atoms with Gasteiger partial charge in [-0.3, -0.25) is 4.79 Å². The molecule has 1 atom stereocenters. The smallest absolute Gasteiger partial charge is 0.316 e. The Morgan fingerprint density at radius 2 is 2.00 bits per heavy atom. The van der Waals surface area contributed by atoms with Crippen LogP contribution in [-0.2, 0) is 14.3 Å². The largest absolute Gasteiger partial charge is 0.481 e. The third-order valence-corrected chi connectivity index (χ3v) is 5.74. The van der Waals surface area contributed by atoms with Gasteiger partial charge in [-0.05, 0) is 44.4 Å². The third-order valence-electron chi connectivity index (χ3n) is 5.74. The fourth-order valence-corrected chi connectivity index (χ4v) is 4.21. The van der Waals surface area contributed by atoms with Crippen LogP contribution in [-0.4, -0.2) is 67.2 Å². The molecule has 9 heteroatoms. The molecule has 3 rings (SSSR count). The van der Waals surface area contributed by atoms with Crippen molar-refractivity contribution in [2.45, 2.75) is 45.1 Å². The zero-order valence-corrected chi connectivity index (χ0v) is 19.6. The Kier molecular flexibility index (Phi) is 9.26. The number of hydrogen-bond acceptors (Lipinski definition) is 8. The Labute approximate surface area is 195 Å². The van der Waals surface area contributed by atoms with Gasteiger partial charge in [0, 0.05) is 38.8 Å². The van der Waals surface area contributed by atoms with Crippen molar-refractivity contribution in [3.8, 4) is 6.01 Å². The van der Waals surface area contributed by atoms with Gasteiger partial charge in [0.15, 0.2) is 0 Å². The van der Waals surface area contributed by atoms with Crippen LogP contribution in [0.4, 0.5) is 17.1 Å². The highest BCUT2D eigenvalue weighted by atomic mass is 16.5. The van der Waals surface area contributed by atoms with Crippen LogP contribution in [0.3, 0.4) is 0 Å². The van der Waals surface area contributed by atoms with Crippen LogP contribution in [0.1, 0.15) is 44.6 Å². The number of ether oxygens (including phenoxy) is 3. The number of nitrogens with one attached hydrogen (secondary N) is 1. The first kappa shape index (κ1) is 24.7. The van der Waals surface area contributed by atoms with Gasteiger partial charge < -0.3 is 29.5 Å². The lowest BCUT2D eigenvalue weighted by Gasteiger charge is -2.36. The zero-order valence-electron chi connectivity index (χ0n) is 19.6. The van der Waals surface area contributed by atoms with Crippen LogP contribution in [0.15, 0.2) is 30.6 Å². The van der Waals surface area contributed by atoms with Crippen molar-refractivity contribution >= 4 is 23.0 Å². The van der Waals surface area contributed by atoms with Gasteiger partial charge in [-0.2, -0.15) is 0 Å². The molecule has 33 heavy (non-hydrogen) atoms. The van der Waals surface area contributed by atoms with Gasteiger partial charge in [0.05, 0.1) is 49.1 Å². The van der Waals surface area contributed by atoms with E-state index < -0.39 is 5.97 Å². The number of aromatic nitrogens is 2. The van der Waals surface area contributed by atoms with E-state index in [2.05, 4.69) is 33.2 Å². The summed E-state index contributed by atoms with van der Waals surface area (Å²) < 4.78 is 16.2. The molecule has 0 spiro atoms. The van der Waals surface area contributed by atoms with Crippen LogP contribution in [0.5, 0.6) is 6.01 Å². The number of carboxylic acid groups (broad SMARTS) is 1. The van der Waals surface area contributed by atoms with Crippen molar-refractivity contribution in [1.29, 1.82) is 0 Å². The molecule has 0 aliphatic carbocycles. The summed E-state index contributed by atoms with van der Waals surface area (Å²) >= 11 is 0. The lowest BCUT2D eigenvalue weighted by atomic mass is 9.95. The Hall–Kier alpha value is -2.91. The van der Waals surface area contributed by atoms with Gasteiger partial charge in [0.25, 0.3) is 0 Å². The third kappa shape index (κ3) is 6.79. The first-order valence-electron chi connectivity index (χ1n) is 11.5. The molecular weight excluding hydrogens is 424 g/mol. The van der Waals surface area contributed by atoms with Gasteiger partial charge in [-0.15, -0.1) is 0 Å². The summed E-state index contributed by atoms with van der Waals surface area (Å²) in [4.78, 5) is 22.3. The van der Waals surface area contributed by atoms with Crippen molar-refractivity contribution in [2.75, 3.05) is 50.3 Å². The van der Waals surface area contributed by atoms with Crippen molar-refractivity contribution in [1.82, 2.24) is 9.97 Å². The van der Waals surface area contributed by atoms with Crippen LogP contribution >= 0.6 is 0 Å². The maximum Gasteiger partial charge on any atom is 0.316 e. The Morgan fingerprint density at radius 1 is 1.27 bits per heavy atom. The topological polar surface area (TPSA) is 106 Å². The number of aliphatic carboxylic acids is 1. The summed E-state index contributed by atoms with van der Waals surface area (Å²) in [5.41, 5.74) is 3.55. The molecule has 1 aromatic heterocycles. The molecule has 0 bridgehead atoms. The van der Waals surface area contributed by atoms with Crippen molar-refractivity contribution in [3.63, 3.8) is 0 Å². The number of rotatable bonds is 12. The molecule has 0 amide bonds. The van der Waals surface area contributed by atoms with Gasteiger partial charge in [0.1, 0.15) is 0 Å². The van der Waals surface area contributed by atoms with Crippen molar-refractivity contribution < 1.29 is 24.1 Å². The molecular formula is C24H34N4O5. The molecule has 180 valence electrons. The van der Waals surface area contributed by atoms with E-state index in [4.69, 9.17) is 14.2 Å². The summed E-state index contributed by atoms with van der Waals surface area (Å²) in [7, 11) is 1.59. The predicted molar refractivity (Wildman–Crippen MR) is 127 cm³/mol. The van der Waals surface area contributed by atoms with E-state index in [1.165, 1.54) is 0 Å². The molecule has 0 saturated carbocycles. The summed E-state index contributed by atoms with van der Waals surface area (Å²) in [6.07, 6.45) is 5.29. The molecule has 1 saturated heterocycles. The maximum absolute atomic E-state index is 11.4. The number of carbonyl (C=O) groups is 1. The second kappa shape index (κ2) is 12.4. The number of anilines is 3. The summed E-state index contributed by atoms with van der Waals surface area (Å²) in [6, 6.07) is 6.79. The number of methoxy groups -OCH3 is 1. The quantitative estimate of drug-likeness (QED) is 0.491. The molecule has 1 unspecified atom stereocenters. The van der Waals surface area contributed by atoms with E-state index in [0.717, 1.165) is 55.2 Å². The Balaban J connectivity index is 1.97. The zero-order chi connectivity index (χ0) is 23.6. The number of hydrogen-bond donors (Lipinski definition) is 2. The number of nitrogens with zero attached hydrogens (tertiary/aromatic N) is 3. The normalized spacial score (nSPS) is 15.1. The van der Waals surface area contributed by atoms with Crippen LogP contribution < -0.4 is 15.0 Å². The van der Waals surface area contributed by atoms with Crippen LogP contribution in [0.25, 0.3) is 0 Å². The van der Waals surface area contributed by atoms with E-state index in [1.807, 2.05) is 19.1 Å². The second-order valence-electron chi connectivity index (χ2n) is 7.97. The highest BCUT2D eigenvalue weighted by Gasteiger charge is 2.24. The van der Waals surface area contributed by atoms with E-state index in [9.17, 15) is 9.90 Å². The molecule has 1 fully saturated rings. The monoisotopic (exact) mass is 458 g/mol. The van der Waals surface area contributed by atoms with E-state index in [0.29, 0.717) is 25.3 Å². The second-order valence-corrected chi connectivity index (χ2v) is 7.97. The predicted octanol–water partition coefficient (Wildman–Crippen LogP) is 3.83. The average Bonchev–Trinajstić information content (AvgIpc) is 2.82. The highest BCUT2D eigenvalue weighted by Crippen LogP contribution is 2.35. The molecule has 2 heterocycles. The molecule has 1 aliphatic rings. The van der Waals surface area contributed by atoms with E-state index >= 15 is 0 Å². The Bertz CT molecular complexity index is 887. The molecule has 1 aliphatic heterocycles. The highest BCUT2D eigenvalue weighted by molar-refractivity contribution is 5.77. The minimum atomic E-state index is -0.854. The summed E-state index contributed by atoms with van der Waals surface area (Å²) in [5, 5.41) is 12.8. The summed E-state index contributed by atoms with van der Waals surface area (Å²) in [6.45, 7) is 7.21. The fraction of sp³-hybridized carbons (Fsp3) is 0.542. The first-order valence-corrected chi connectivity index (χ1v) is 11.5. The molecule has 2 aromatic rings. The number of benzene rings is 1. The van der Waals surface area contributed by atoms with E-state index in [1.54, 1.807) is 19.5 Å². The standard InChI is InChI=1S/C24H34N4O5/c1-4-28(20-8-10-32-11-9-20)22-7-6-17(18(16-31-3)13-23(29)30)12-21(22)27-19-14-25-24(26-15-19)33-5-2/h6-7,12,14-15,18,20,27H,4-5,8-11,13,16H2,1-3H3,(H,29,30). The lowest BCUT2D eigenvalue weighted by molar-refractivity contribution is -0.137. The first-order chi connectivity index (χ1) is 16.0. The fourth-order valence-electron chi connectivity index (χ4n) is 4.21. The minimum absolute atomic E-state index is 0.00372. The van der Waals surface area contributed by atoms with Crippen LogP contribution in [0, 0.1) is 0 Å². The van der Waals surface area contributed by atoms with Crippen molar-refractivity contribution in [2.24, 2.45) is 0 Å². The van der Waals surface area contributed by atoms with Gasteiger partial charge in [0.2, 0.25) is 0 Å². The Morgan fingerprint density at radius 3 is 2.61 bits per heavy atom. The maximum atomic E-state index is 11.4. The van der Waals surface area contributed by atoms with Gasteiger partial charge >= 0.3 is 12.0 Å².